The number of aryl methyl sites for hydroxylation is 1. The van der Waals surface area contributed by atoms with Gasteiger partial charge in [0.15, 0.2) is 10.7 Å². The highest BCUT2D eigenvalue weighted by atomic mass is 35.5. The second-order valence-corrected chi connectivity index (χ2v) is 7.55. The molecule has 1 aromatic carbocycles. The van der Waals surface area contributed by atoms with Gasteiger partial charge in [0.1, 0.15) is 5.02 Å². The minimum absolute atomic E-state index is 0.195. The number of halogens is 1. The maximum atomic E-state index is 12.5. The first-order valence-corrected chi connectivity index (χ1v) is 8.78. The molecule has 6 nitrogen and oxygen atoms in total. The molecule has 2 heterocycles. The number of hydrogen-bond acceptors (Lipinski definition) is 5. The molecule has 25 heavy (non-hydrogen) atoms. The van der Waals surface area contributed by atoms with Crippen LogP contribution in [0.3, 0.4) is 0 Å². The molecule has 0 unspecified atom stereocenters. The number of hydrogen-bond donors (Lipinski definition) is 1. The molecule has 0 fully saturated rings. The number of para-hydroxylation sites is 1. The first-order valence-electron chi connectivity index (χ1n) is 7.58. The van der Waals surface area contributed by atoms with Gasteiger partial charge < -0.3 is 4.74 Å². The number of carbonyl (C=O) groups excluding carboxylic acids is 1. The molecule has 3 rings (SSSR count). The Bertz CT molecular complexity index is 889. The summed E-state index contributed by atoms with van der Waals surface area (Å²) in [5.74, 6) is -0.131. The number of aromatic nitrogens is 3. The summed E-state index contributed by atoms with van der Waals surface area (Å²) >= 11 is 7.62. The first kappa shape index (κ1) is 17.4. The lowest BCUT2D eigenvalue weighted by molar-refractivity contribution is -0.128. The van der Waals surface area contributed by atoms with Crippen LogP contribution >= 0.6 is 22.9 Å². The highest BCUT2D eigenvalue weighted by Gasteiger charge is 2.32. The summed E-state index contributed by atoms with van der Waals surface area (Å²) in [7, 11) is 0. The minimum atomic E-state index is -1.17. The van der Waals surface area contributed by atoms with E-state index in [9.17, 15) is 4.79 Å². The molecule has 0 aliphatic rings. The maximum absolute atomic E-state index is 12.5. The zero-order chi connectivity index (χ0) is 18.0. The molecular formula is C17H17ClN4O2S. The molecule has 1 N–H and O–H groups in total. The van der Waals surface area contributed by atoms with Crippen molar-refractivity contribution in [2.45, 2.75) is 26.4 Å². The van der Waals surface area contributed by atoms with Crippen molar-refractivity contribution in [1.29, 1.82) is 0 Å². The number of nitrogens with zero attached hydrogens (tertiary/aromatic N) is 3. The van der Waals surface area contributed by atoms with Gasteiger partial charge in [0.05, 0.1) is 11.9 Å². The van der Waals surface area contributed by atoms with Crippen LogP contribution < -0.4 is 10.1 Å². The molecule has 0 radical (unpaired) electrons. The van der Waals surface area contributed by atoms with Gasteiger partial charge in [0.25, 0.3) is 11.8 Å². The van der Waals surface area contributed by atoms with Crippen LogP contribution in [0.2, 0.25) is 5.02 Å². The molecule has 2 aromatic heterocycles. The second kappa shape index (κ2) is 6.85. The Balaban J connectivity index is 1.76. The van der Waals surface area contributed by atoms with Gasteiger partial charge in [-0.05, 0) is 32.9 Å². The van der Waals surface area contributed by atoms with Gasteiger partial charge in [-0.25, -0.2) is 9.67 Å². The third-order valence-corrected chi connectivity index (χ3v) is 4.49. The summed E-state index contributed by atoms with van der Waals surface area (Å²) in [6.07, 6.45) is 3.34. The van der Waals surface area contributed by atoms with Gasteiger partial charge in [-0.15, -0.1) is 16.4 Å². The van der Waals surface area contributed by atoms with Crippen molar-refractivity contribution in [2.24, 2.45) is 0 Å². The Morgan fingerprint density at radius 3 is 2.68 bits per heavy atom. The second-order valence-electron chi connectivity index (χ2n) is 5.90. The van der Waals surface area contributed by atoms with E-state index >= 15 is 0 Å². The van der Waals surface area contributed by atoms with Gasteiger partial charge in [0, 0.05) is 11.1 Å². The van der Waals surface area contributed by atoms with E-state index in [0.717, 1.165) is 10.6 Å². The summed E-state index contributed by atoms with van der Waals surface area (Å²) in [4.78, 5) is 17.6. The molecule has 8 heteroatoms. The predicted molar refractivity (Wildman–Crippen MR) is 98.8 cm³/mol. The Labute approximate surface area is 154 Å². The molecule has 0 saturated heterocycles. The van der Waals surface area contributed by atoms with Crippen molar-refractivity contribution in [1.82, 2.24) is 14.8 Å². The molecule has 130 valence electrons. The molecule has 3 aromatic rings. The summed E-state index contributed by atoms with van der Waals surface area (Å²) in [6, 6.07) is 9.52. The monoisotopic (exact) mass is 376 g/mol. The Hall–Kier alpha value is -2.38. The fraction of sp³-hybridized carbons (Fsp3) is 0.235. The summed E-state index contributed by atoms with van der Waals surface area (Å²) < 4.78 is 7.38. The minimum Gasteiger partial charge on any atom is -0.459 e. The predicted octanol–water partition coefficient (Wildman–Crippen LogP) is 4.09. The number of ether oxygens (including phenoxy) is 1. The number of amides is 1. The van der Waals surface area contributed by atoms with Gasteiger partial charge in [-0.2, -0.15) is 0 Å². The number of benzene rings is 1. The zero-order valence-corrected chi connectivity index (χ0v) is 15.6. The normalized spacial score (nSPS) is 11.4. The van der Waals surface area contributed by atoms with Crippen molar-refractivity contribution >= 4 is 34.0 Å². The standard InChI is InChI=1S/C17H17ClN4O2S/c1-11-9-19-16(25-11)20-15(23)17(2,3)24-14-13(18)10-22(21-14)12-7-5-4-6-8-12/h4-10H,1-3H3,(H,19,20,23). The first-order chi connectivity index (χ1) is 11.8. The zero-order valence-electron chi connectivity index (χ0n) is 14.0. The molecule has 0 aliphatic carbocycles. The SMILES string of the molecule is Cc1cnc(NC(=O)C(C)(C)Oc2nn(-c3ccccc3)cc2Cl)s1. The van der Waals surface area contributed by atoms with E-state index < -0.39 is 5.60 Å². The molecule has 0 aliphatic heterocycles. The van der Waals surface area contributed by atoms with Crippen molar-refractivity contribution in [3.05, 3.63) is 52.6 Å². The Morgan fingerprint density at radius 2 is 2.04 bits per heavy atom. The van der Waals surface area contributed by atoms with Gasteiger partial charge >= 0.3 is 0 Å². The van der Waals surface area contributed by atoms with Crippen LogP contribution in [0.1, 0.15) is 18.7 Å². The number of anilines is 1. The average molecular weight is 377 g/mol. The van der Waals surface area contributed by atoms with Gasteiger partial charge in [0.2, 0.25) is 0 Å². The van der Waals surface area contributed by atoms with Crippen LogP contribution in [0.25, 0.3) is 5.69 Å². The number of thiazole rings is 1. The van der Waals surface area contributed by atoms with Gasteiger partial charge in [-0.3, -0.25) is 10.1 Å². The van der Waals surface area contributed by atoms with E-state index in [-0.39, 0.29) is 11.8 Å². The van der Waals surface area contributed by atoms with Crippen LogP contribution in [0, 0.1) is 6.92 Å². The van der Waals surface area contributed by atoms with E-state index in [2.05, 4.69) is 15.4 Å². The van der Waals surface area contributed by atoms with E-state index in [1.807, 2.05) is 37.3 Å². The number of nitrogens with one attached hydrogen (secondary N) is 1. The van der Waals surface area contributed by atoms with E-state index in [0.29, 0.717) is 10.2 Å². The molecule has 0 atom stereocenters. The van der Waals surface area contributed by atoms with Crippen LogP contribution in [-0.2, 0) is 4.79 Å². The van der Waals surface area contributed by atoms with E-state index in [1.165, 1.54) is 11.3 Å². The summed E-state index contributed by atoms with van der Waals surface area (Å²) in [5.41, 5.74) is -0.321. The smallest absolute Gasteiger partial charge is 0.269 e. The molecule has 0 bridgehead atoms. The number of rotatable bonds is 5. The fourth-order valence-corrected chi connectivity index (χ4v) is 2.90. The highest BCUT2D eigenvalue weighted by molar-refractivity contribution is 7.15. The fourth-order valence-electron chi connectivity index (χ4n) is 2.07. The lowest BCUT2D eigenvalue weighted by Gasteiger charge is -2.23. The third kappa shape index (κ3) is 4.00. The Kier molecular flexibility index (Phi) is 4.78. The highest BCUT2D eigenvalue weighted by Crippen LogP contribution is 2.28. The van der Waals surface area contributed by atoms with Crippen molar-refractivity contribution < 1.29 is 9.53 Å². The molecular weight excluding hydrogens is 360 g/mol. The summed E-state index contributed by atoms with van der Waals surface area (Å²) in [5, 5.41) is 7.93. The lowest BCUT2D eigenvalue weighted by atomic mass is 10.1. The third-order valence-electron chi connectivity index (χ3n) is 3.40. The quantitative estimate of drug-likeness (QED) is 0.728. The lowest BCUT2D eigenvalue weighted by Crippen LogP contribution is -2.42. The van der Waals surface area contributed by atoms with Crippen molar-refractivity contribution in [3.8, 4) is 11.6 Å². The van der Waals surface area contributed by atoms with E-state index in [4.69, 9.17) is 16.3 Å². The Morgan fingerprint density at radius 1 is 1.32 bits per heavy atom. The summed E-state index contributed by atoms with van der Waals surface area (Å²) in [6.45, 7) is 5.23. The molecule has 0 spiro atoms. The van der Waals surface area contributed by atoms with Crippen LogP contribution in [0.4, 0.5) is 5.13 Å². The van der Waals surface area contributed by atoms with Gasteiger partial charge in [-0.1, -0.05) is 29.8 Å². The van der Waals surface area contributed by atoms with Crippen molar-refractivity contribution in [2.75, 3.05) is 5.32 Å². The average Bonchev–Trinajstić information content (AvgIpc) is 3.14. The molecule has 0 saturated carbocycles. The van der Waals surface area contributed by atoms with Crippen LogP contribution in [0.15, 0.2) is 42.7 Å². The number of carbonyl (C=O) groups is 1. The van der Waals surface area contributed by atoms with E-state index in [1.54, 1.807) is 30.9 Å². The topological polar surface area (TPSA) is 69.0 Å². The largest absolute Gasteiger partial charge is 0.459 e. The van der Waals surface area contributed by atoms with Crippen LogP contribution in [0.5, 0.6) is 5.88 Å². The van der Waals surface area contributed by atoms with Crippen molar-refractivity contribution in [3.63, 3.8) is 0 Å². The molecule has 1 amide bonds. The maximum Gasteiger partial charge on any atom is 0.269 e. The van der Waals surface area contributed by atoms with Crippen LogP contribution in [-0.4, -0.2) is 26.3 Å².